The molecule has 5 heteroatoms. The van der Waals surface area contributed by atoms with Crippen LogP contribution in [0.1, 0.15) is 51.8 Å². The summed E-state index contributed by atoms with van der Waals surface area (Å²) in [6, 6.07) is 12.1. The highest BCUT2D eigenvalue weighted by atomic mass is 35.5. The zero-order valence-electron chi connectivity index (χ0n) is 14.6. The minimum absolute atomic E-state index is 0.0225. The number of fused-ring (bicyclic) bond motifs is 1. The Morgan fingerprint density at radius 2 is 1.80 bits per heavy atom. The molecule has 0 radical (unpaired) electrons. The van der Waals surface area contributed by atoms with Gasteiger partial charge in [-0.3, -0.25) is 4.79 Å². The van der Waals surface area contributed by atoms with E-state index in [2.05, 4.69) is 11.4 Å². The third-order valence-corrected chi connectivity index (χ3v) is 5.67. The summed E-state index contributed by atoms with van der Waals surface area (Å²) in [4.78, 5) is 13.9. The van der Waals surface area contributed by atoms with Gasteiger partial charge in [0.1, 0.15) is 0 Å². The van der Waals surface area contributed by atoms with E-state index < -0.39 is 0 Å². The van der Waals surface area contributed by atoms with Gasteiger partial charge in [-0.05, 0) is 60.8 Å². The van der Waals surface area contributed by atoms with Gasteiger partial charge in [0.2, 0.25) is 0 Å². The van der Waals surface area contributed by atoms with Gasteiger partial charge in [0.15, 0.2) is 0 Å². The first-order valence-corrected chi connectivity index (χ1v) is 9.15. The van der Waals surface area contributed by atoms with E-state index in [0.717, 1.165) is 24.0 Å². The molecule has 132 valence electrons. The molecule has 0 unspecified atom stereocenters. The molecular weight excluding hydrogens is 355 g/mol. The van der Waals surface area contributed by atoms with E-state index in [0.29, 0.717) is 10.0 Å². The molecule has 0 saturated heterocycles. The number of halogens is 2. The second-order valence-corrected chi connectivity index (χ2v) is 7.50. The highest BCUT2D eigenvalue weighted by Gasteiger charge is 2.28. The average molecular weight is 377 g/mol. The van der Waals surface area contributed by atoms with Gasteiger partial charge in [-0.25, -0.2) is 0 Å². The molecule has 0 fully saturated rings. The standard InChI is InChI=1S/C20H22Cl2N2O/c1-23-19-9-7-14(12-5-8-17(21)18(22)11-12)15-6-4-13(10-16(15)19)20(25)24(2)3/h4-6,8,10-11,14,19,23H,7,9H2,1-3H3/t14-,19-/m0/s1. The van der Waals surface area contributed by atoms with Gasteiger partial charge in [0, 0.05) is 31.6 Å². The fourth-order valence-electron chi connectivity index (χ4n) is 3.60. The van der Waals surface area contributed by atoms with Gasteiger partial charge in [-0.1, -0.05) is 35.3 Å². The number of hydrogen-bond acceptors (Lipinski definition) is 2. The van der Waals surface area contributed by atoms with E-state index in [-0.39, 0.29) is 17.9 Å². The molecule has 0 aliphatic heterocycles. The quantitative estimate of drug-likeness (QED) is 0.827. The van der Waals surface area contributed by atoms with Crippen molar-refractivity contribution < 1.29 is 4.79 Å². The molecule has 0 heterocycles. The minimum Gasteiger partial charge on any atom is -0.345 e. The maximum absolute atomic E-state index is 12.3. The van der Waals surface area contributed by atoms with Crippen molar-refractivity contribution >= 4 is 29.1 Å². The summed E-state index contributed by atoms with van der Waals surface area (Å²) in [5.41, 5.74) is 4.33. The number of rotatable bonds is 3. The van der Waals surface area contributed by atoms with Crippen LogP contribution < -0.4 is 5.32 Å². The van der Waals surface area contributed by atoms with E-state index in [1.165, 1.54) is 11.1 Å². The van der Waals surface area contributed by atoms with Crippen molar-refractivity contribution in [3.05, 3.63) is 68.7 Å². The normalized spacial score (nSPS) is 19.4. The molecule has 1 aliphatic rings. The first kappa shape index (κ1) is 18.2. The number of amides is 1. The van der Waals surface area contributed by atoms with E-state index >= 15 is 0 Å². The van der Waals surface area contributed by atoms with E-state index in [9.17, 15) is 4.79 Å². The lowest BCUT2D eigenvalue weighted by Gasteiger charge is -2.32. The molecule has 0 spiro atoms. The van der Waals surface area contributed by atoms with Crippen LogP contribution in [0, 0.1) is 0 Å². The molecule has 25 heavy (non-hydrogen) atoms. The first-order valence-electron chi connectivity index (χ1n) is 8.40. The summed E-state index contributed by atoms with van der Waals surface area (Å²) in [5.74, 6) is 0.284. The van der Waals surface area contributed by atoms with Crippen molar-refractivity contribution in [1.29, 1.82) is 0 Å². The van der Waals surface area contributed by atoms with Crippen LogP contribution in [0.25, 0.3) is 0 Å². The molecule has 2 aromatic rings. The monoisotopic (exact) mass is 376 g/mol. The molecule has 1 aliphatic carbocycles. The zero-order valence-corrected chi connectivity index (χ0v) is 16.2. The van der Waals surface area contributed by atoms with Crippen LogP contribution in [-0.2, 0) is 0 Å². The van der Waals surface area contributed by atoms with Crippen molar-refractivity contribution in [3.8, 4) is 0 Å². The number of nitrogens with zero attached hydrogens (tertiary/aromatic N) is 1. The molecule has 0 aromatic heterocycles. The Balaban J connectivity index is 2.06. The van der Waals surface area contributed by atoms with Crippen LogP contribution >= 0.6 is 23.2 Å². The van der Waals surface area contributed by atoms with Crippen LogP contribution in [0.4, 0.5) is 0 Å². The summed E-state index contributed by atoms with van der Waals surface area (Å²) in [6.45, 7) is 0. The highest BCUT2D eigenvalue weighted by Crippen LogP contribution is 2.42. The molecule has 1 N–H and O–H groups in total. The maximum atomic E-state index is 12.3. The second-order valence-electron chi connectivity index (χ2n) is 6.69. The molecule has 2 aromatic carbocycles. The van der Waals surface area contributed by atoms with Crippen LogP contribution in [0.3, 0.4) is 0 Å². The number of carbonyl (C=O) groups is 1. The molecule has 3 rings (SSSR count). The van der Waals surface area contributed by atoms with Crippen molar-refractivity contribution in [2.45, 2.75) is 24.8 Å². The summed E-state index contributed by atoms with van der Waals surface area (Å²) in [7, 11) is 5.51. The zero-order chi connectivity index (χ0) is 18.1. The number of carbonyl (C=O) groups excluding carboxylic acids is 1. The average Bonchev–Trinajstić information content (AvgIpc) is 2.62. The largest absolute Gasteiger partial charge is 0.345 e. The van der Waals surface area contributed by atoms with Gasteiger partial charge < -0.3 is 10.2 Å². The van der Waals surface area contributed by atoms with Gasteiger partial charge in [-0.15, -0.1) is 0 Å². The molecule has 1 amide bonds. The lowest BCUT2D eigenvalue weighted by atomic mass is 9.76. The van der Waals surface area contributed by atoms with Gasteiger partial charge in [-0.2, -0.15) is 0 Å². The Hall–Kier alpha value is -1.55. The maximum Gasteiger partial charge on any atom is 0.253 e. The predicted octanol–water partition coefficient (Wildman–Crippen LogP) is 4.88. The Labute approximate surface area is 158 Å². The topological polar surface area (TPSA) is 32.3 Å². The van der Waals surface area contributed by atoms with E-state index in [1.807, 2.05) is 37.4 Å². The number of benzene rings is 2. The number of hydrogen-bond donors (Lipinski definition) is 1. The third-order valence-electron chi connectivity index (χ3n) is 4.93. The van der Waals surface area contributed by atoms with Crippen molar-refractivity contribution in [2.75, 3.05) is 21.1 Å². The molecular formula is C20H22Cl2N2O. The first-order chi connectivity index (χ1) is 11.9. The molecule has 0 saturated carbocycles. The predicted molar refractivity (Wildman–Crippen MR) is 104 cm³/mol. The molecule has 0 bridgehead atoms. The SMILES string of the molecule is CN[C@H]1CC[C@@H](c2ccc(Cl)c(Cl)c2)c2ccc(C(=O)N(C)C)cc21. The van der Waals surface area contributed by atoms with Crippen LogP contribution in [0.15, 0.2) is 36.4 Å². The summed E-state index contributed by atoms with van der Waals surface area (Å²) >= 11 is 12.3. The van der Waals surface area contributed by atoms with E-state index in [1.54, 1.807) is 19.0 Å². The lowest BCUT2D eigenvalue weighted by Crippen LogP contribution is -2.26. The van der Waals surface area contributed by atoms with Gasteiger partial charge in [0.25, 0.3) is 5.91 Å². The smallest absolute Gasteiger partial charge is 0.253 e. The summed E-state index contributed by atoms with van der Waals surface area (Å²) < 4.78 is 0. The van der Waals surface area contributed by atoms with Crippen molar-refractivity contribution in [2.24, 2.45) is 0 Å². The van der Waals surface area contributed by atoms with Crippen LogP contribution in [0.5, 0.6) is 0 Å². The van der Waals surface area contributed by atoms with Crippen molar-refractivity contribution in [1.82, 2.24) is 10.2 Å². The van der Waals surface area contributed by atoms with Gasteiger partial charge >= 0.3 is 0 Å². The van der Waals surface area contributed by atoms with Crippen LogP contribution in [-0.4, -0.2) is 32.0 Å². The Morgan fingerprint density at radius 1 is 1.04 bits per heavy atom. The van der Waals surface area contributed by atoms with E-state index in [4.69, 9.17) is 23.2 Å². The van der Waals surface area contributed by atoms with Crippen molar-refractivity contribution in [3.63, 3.8) is 0 Å². The molecule has 2 atom stereocenters. The molecule has 3 nitrogen and oxygen atoms in total. The fraction of sp³-hybridized carbons (Fsp3) is 0.350. The third kappa shape index (κ3) is 3.55. The Kier molecular flexibility index (Phi) is 5.38. The number of nitrogens with one attached hydrogen (secondary N) is 1. The fourth-order valence-corrected chi connectivity index (χ4v) is 3.91. The second kappa shape index (κ2) is 7.36. The lowest BCUT2D eigenvalue weighted by molar-refractivity contribution is 0.0827. The minimum atomic E-state index is 0.0225. The summed E-state index contributed by atoms with van der Waals surface area (Å²) in [5, 5.41) is 4.53. The highest BCUT2D eigenvalue weighted by molar-refractivity contribution is 6.42. The Bertz CT molecular complexity index is 804. The van der Waals surface area contributed by atoms with Gasteiger partial charge in [0.05, 0.1) is 10.0 Å². The van der Waals surface area contributed by atoms with Crippen LogP contribution in [0.2, 0.25) is 10.0 Å². The summed E-state index contributed by atoms with van der Waals surface area (Å²) in [6.07, 6.45) is 2.03. The Morgan fingerprint density at radius 3 is 2.44 bits per heavy atom.